The fourth-order valence-electron chi connectivity index (χ4n) is 1.35. The van der Waals surface area contributed by atoms with E-state index in [1.807, 2.05) is 16.8 Å². The van der Waals surface area contributed by atoms with Gasteiger partial charge in [-0.2, -0.15) is 26.3 Å². The number of aromatic nitrogens is 3. The third-order valence-electron chi connectivity index (χ3n) is 2.15. The summed E-state index contributed by atoms with van der Waals surface area (Å²) < 4.78 is 0. The highest BCUT2D eigenvalue weighted by molar-refractivity contribution is 7.07. The quantitative estimate of drug-likeness (QED) is 0.749. The van der Waals surface area contributed by atoms with Gasteiger partial charge in [-0.25, -0.2) is 0 Å². The first-order valence-electron chi connectivity index (χ1n) is 5.07. The number of rotatable bonds is 4. The number of aliphatic hydroxyl groups is 1. The summed E-state index contributed by atoms with van der Waals surface area (Å²) in [7, 11) is 0. The normalized spacial score (nSPS) is 12.4. The number of aliphatic hydroxyl groups excluding tert-OH is 1. The van der Waals surface area contributed by atoms with Crippen molar-refractivity contribution in [3.05, 3.63) is 28.2 Å². The summed E-state index contributed by atoms with van der Waals surface area (Å²) in [5, 5.41) is 16.6. The van der Waals surface area contributed by atoms with Crippen LogP contribution in [-0.2, 0) is 0 Å². The predicted molar refractivity (Wildman–Crippen MR) is 66.7 cm³/mol. The van der Waals surface area contributed by atoms with Gasteiger partial charge in [-0.15, -0.1) is 0 Å². The Morgan fingerprint density at radius 2 is 2.29 bits per heavy atom. The molecule has 0 fully saturated rings. The highest BCUT2D eigenvalue weighted by Gasteiger charge is 2.08. The molecule has 0 amide bonds. The van der Waals surface area contributed by atoms with Crippen molar-refractivity contribution in [2.45, 2.75) is 13.0 Å². The topological polar surface area (TPSA) is 97.0 Å². The number of anilines is 2. The number of nitrogens with one attached hydrogen (secondary N) is 1. The number of nitrogens with two attached hydrogens (primary N) is 1. The first kappa shape index (κ1) is 11.7. The average molecular weight is 251 g/mol. The molecule has 6 nitrogen and oxygen atoms in total. The number of hydrogen-bond acceptors (Lipinski definition) is 7. The molecule has 0 aromatic carbocycles. The Balaban J connectivity index is 1.98. The molecule has 0 aliphatic rings. The molecule has 2 rings (SSSR count). The molecule has 90 valence electrons. The zero-order chi connectivity index (χ0) is 12.3. The zero-order valence-corrected chi connectivity index (χ0v) is 10.1. The van der Waals surface area contributed by atoms with Gasteiger partial charge in [0.05, 0.1) is 6.10 Å². The lowest BCUT2D eigenvalue weighted by Gasteiger charge is -2.10. The molecule has 1 atom stereocenters. The van der Waals surface area contributed by atoms with Crippen molar-refractivity contribution in [1.29, 1.82) is 0 Å². The molecule has 0 spiro atoms. The van der Waals surface area contributed by atoms with Crippen LogP contribution in [0.3, 0.4) is 0 Å². The minimum absolute atomic E-state index is 0.171. The van der Waals surface area contributed by atoms with E-state index in [1.54, 1.807) is 18.3 Å². The second kappa shape index (κ2) is 5.07. The summed E-state index contributed by atoms with van der Waals surface area (Å²) in [5.41, 5.74) is 6.37. The minimum atomic E-state index is -0.584. The van der Waals surface area contributed by atoms with Crippen molar-refractivity contribution in [2.24, 2.45) is 0 Å². The van der Waals surface area contributed by atoms with Gasteiger partial charge in [-0.05, 0) is 29.3 Å². The summed E-state index contributed by atoms with van der Waals surface area (Å²) >= 11 is 1.55. The van der Waals surface area contributed by atoms with Gasteiger partial charge in [-0.3, -0.25) is 0 Å². The van der Waals surface area contributed by atoms with E-state index in [2.05, 4.69) is 20.3 Å². The van der Waals surface area contributed by atoms with Crippen molar-refractivity contribution in [3.8, 4) is 0 Å². The molecule has 0 aliphatic heterocycles. The van der Waals surface area contributed by atoms with Crippen LogP contribution in [0.1, 0.15) is 17.5 Å². The summed E-state index contributed by atoms with van der Waals surface area (Å²) in [6.45, 7) is 2.07. The highest BCUT2D eigenvalue weighted by Crippen LogP contribution is 2.16. The molecule has 4 N–H and O–H groups in total. The van der Waals surface area contributed by atoms with Gasteiger partial charge in [0.2, 0.25) is 11.9 Å². The molecule has 17 heavy (non-hydrogen) atoms. The fraction of sp³-hybridized carbons (Fsp3) is 0.300. The fourth-order valence-corrected chi connectivity index (χ4v) is 2.06. The minimum Gasteiger partial charge on any atom is -0.387 e. The summed E-state index contributed by atoms with van der Waals surface area (Å²) in [4.78, 5) is 11.9. The van der Waals surface area contributed by atoms with Gasteiger partial charge >= 0.3 is 0 Å². The van der Waals surface area contributed by atoms with Crippen LogP contribution < -0.4 is 11.1 Å². The number of thiophene rings is 1. The van der Waals surface area contributed by atoms with E-state index in [0.717, 1.165) is 5.56 Å². The van der Waals surface area contributed by atoms with E-state index >= 15 is 0 Å². The Labute approximate surface area is 103 Å². The maximum Gasteiger partial charge on any atom is 0.227 e. The zero-order valence-electron chi connectivity index (χ0n) is 9.29. The SMILES string of the molecule is Cc1nc(N)nc(NCC(O)c2ccsc2)n1. The summed E-state index contributed by atoms with van der Waals surface area (Å²) in [5.74, 6) is 1.10. The number of nitrogens with zero attached hydrogens (tertiary/aromatic N) is 3. The Kier molecular flexibility index (Phi) is 3.50. The lowest BCUT2D eigenvalue weighted by molar-refractivity contribution is 0.192. The van der Waals surface area contributed by atoms with E-state index in [0.29, 0.717) is 18.3 Å². The van der Waals surface area contributed by atoms with Crippen LogP contribution in [0, 0.1) is 6.92 Å². The van der Waals surface area contributed by atoms with Gasteiger partial charge in [-0.1, -0.05) is 0 Å². The van der Waals surface area contributed by atoms with E-state index < -0.39 is 6.10 Å². The van der Waals surface area contributed by atoms with Crippen LogP contribution in [0.5, 0.6) is 0 Å². The first-order valence-corrected chi connectivity index (χ1v) is 6.01. The Morgan fingerprint density at radius 3 is 2.94 bits per heavy atom. The van der Waals surface area contributed by atoms with Gasteiger partial charge in [0.15, 0.2) is 0 Å². The van der Waals surface area contributed by atoms with Crippen LogP contribution in [0.15, 0.2) is 16.8 Å². The Hall–Kier alpha value is -1.73. The maximum absolute atomic E-state index is 9.85. The third kappa shape index (κ3) is 3.11. The maximum atomic E-state index is 9.85. The Bertz CT molecular complexity index is 467. The molecular formula is C10H13N5OS. The standard InChI is InChI=1S/C10H13N5OS/c1-6-13-9(11)15-10(14-6)12-4-8(16)7-2-3-17-5-7/h2-3,5,8,16H,4H2,1H3,(H3,11,12,13,14,15). The number of aryl methyl sites for hydroxylation is 1. The summed E-state index contributed by atoms with van der Waals surface area (Å²) in [6.07, 6.45) is -0.584. The average Bonchev–Trinajstić information content (AvgIpc) is 2.78. The molecular weight excluding hydrogens is 238 g/mol. The van der Waals surface area contributed by atoms with Gasteiger partial charge in [0, 0.05) is 6.54 Å². The molecule has 7 heteroatoms. The second-order valence-electron chi connectivity index (χ2n) is 3.52. The van der Waals surface area contributed by atoms with Crippen molar-refractivity contribution >= 4 is 23.2 Å². The van der Waals surface area contributed by atoms with Crippen molar-refractivity contribution in [1.82, 2.24) is 15.0 Å². The third-order valence-corrected chi connectivity index (χ3v) is 2.85. The second-order valence-corrected chi connectivity index (χ2v) is 4.30. The van der Waals surface area contributed by atoms with Crippen LogP contribution in [0.2, 0.25) is 0 Å². The number of nitrogen functional groups attached to an aromatic ring is 1. The monoisotopic (exact) mass is 251 g/mol. The largest absolute Gasteiger partial charge is 0.387 e. The summed E-state index contributed by atoms with van der Waals surface area (Å²) in [6, 6.07) is 1.88. The molecule has 0 radical (unpaired) electrons. The van der Waals surface area contributed by atoms with Gasteiger partial charge in [0.25, 0.3) is 0 Å². The van der Waals surface area contributed by atoms with Crippen LogP contribution in [0.4, 0.5) is 11.9 Å². The molecule has 0 saturated heterocycles. The molecule has 2 aromatic heterocycles. The highest BCUT2D eigenvalue weighted by atomic mass is 32.1. The molecule has 1 unspecified atom stereocenters. The van der Waals surface area contributed by atoms with E-state index in [4.69, 9.17) is 5.73 Å². The van der Waals surface area contributed by atoms with Gasteiger partial charge in [0.1, 0.15) is 5.82 Å². The molecule has 0 bridgehead atoms. The number of hydrogen-bond donors (Lipinski definition) is 3. The van der Waals surface area contributed by atoms with E-state index in [-0.39, 0.29) is 5.95 Å². The molecule has 0 aliphatic carbocycles. The molecule has 2 heterocycles. The van der Waals surface area contributed by atoms with Crippen LogP contribution in [0.25, 0.3) is 0 Å². The van der Waals surface area contributed by atoms with Crippen LogP contribution >= 0.6 is 11.3 Å². The molecule has 2 aromatic rings. The first-order chi connectivity index (χ1) is 8.15. The van der Waals surface area contributed by atoms with E-state index in [9.17, 15) is 5.11 Å². The Morgan fingerprint density at radius 1 is 1.47 bits per heavy atom. The van der Waals surface area contributed by atoms with Gasteiger partial charge < -0.3 is 16.2 Å². The van der Waals surface area contributed by atoms with Crippen molar-refractivity contribution in [2.75, 3.05) is 17.6 Å². The lowest BCUT2D eigenvalue weighted by Crippen LogP contribution is -2.15. The molecule has 0 saturated carbocycles. The van der Waals surface area contributed by atoms with Crippen LogP contribution in [-0.4, -0.2) is 26.6 Å². The smallest absolute Gasteiger partial charge is 0.227 e. The van der Waals surface area contributed by atoms with Crippen molar-refractivity contribution in [3.63, 3.8) is 0 Å². The van der Waals surface area contributed by atoms with Crippen molar-refractivity contribution < 1.29 is 5.11 Å². The lowest BCUT2D eigenvalue weighted by atomic mass is 10.2. The predicted octanol–water partition coefficient (Wildman–Crippen LogP) is 0.969. The van der Waals surface area contributed by atoms with E-state index in [1.165, 1.54) is 0 Å².